The molecular formula is C14H24Ge. The SMILES string of the molecule is C[C](C)(C)[GeH]([c]1ccccc1)[C](C)(C)C. The molecule has 0 aliphatic heterocycles. The third-order valence-corrected chi connectivity index (χ3v) is 12.3. The van der Waals surface area contributed by atoms with Crippen molar-refractivity contribution in [2.24, 2.45) is 0 Å². The van der Waals surface area contributed by atoms with Crippen molar-refractivity contribution in [1.29, 1.82) is 0 Å². The first kappa shape index (κ1) is 12.8. The molecular weight excluding hydrogens is 241 g/mol. The van der Waals surface area contributed by atoms with E-state index in [2.05, 4.69) is 71.9 Å². The Kier molecular flexibility index (Phi) is 3.70. The summed E-state index contributed by atoms with van der Waals surface area (Å²) in [5.41, 5.74) is 0. The van der Waals surface area contributed by atoms with Gasteiger partial charge in [-0.15, -0.1) is 0 Å². The summed E-state index contributed by atoms with van der Waals surface area (Å²) in [5.74, 6) is 0. The van der Waals surface area contributed by atoms with E-state index < -0.39 is 14.3 Å². The van der Waals surface area contributed by atoms with Crippen molar-refractivity contribution in [3.63, 3.8) is 0 Å². The molecule has 0 aliphatic carbocycles. The summed E-state index contributed by atoms with van der Waals surface area (Å²) in [6, 6.07) is 11.2. The van der Waals surface area contributed by atoms with Gasteiger partial charge in [0, 0.05) is 0 Å². The molecule has 84 valence electrons. The first-order chi connectivity index (χ1) is 6.73. The van der Waals surface area contributed by atoms with Gasteiger partial charge in [-0.3, -0.25) is 0 Å². The Morgan fingerprint density at radius 2 is 1.13 bits per heavy atom. The van der Waals surface area contributed by atoms with E-state index in [0.717, 1.165) is 0 Å². The molecule has 0 spiro atoms. The summed E-state index contributed by atoms with van der Waals surface area (Å²) in [4.78, 5) is 0. The molecule has 0 nitrogen and oxygen atoms in total. The third-order valence-electron chi connectivity index (χ3n) is 2.86. The second-order valence-corrected chi connectivity index (χ2v) is 17.1. The predicted octanol–water partition coefficient (Wildman–Crippen LogP) is 3.72. The minimum absolute atomic E-state index is 0.493. The molecule has 0 unspecified atom stereocenters. The second kappa shape index (κ2) is 4.33. The van der Waals surface area contributed by atoms with Crippen LogP contribution in [0.3, 0.4) is 0 Å². The fourth-order valence-corrected chi connectivity index (χ4v) is 13.9. The first-order valence-electron chi connectivity index (χ1n) is 5.78. The molecule has 0 aliphatic rings. The van der Waals surface area contributed by atoms with Crippen LogP contribution in [0.25, 0.3) is 0 Å². The topological polar surface area (TPSA) is 0 Å². The number of benzene rings is 1. The fourth-order valence-electron chi connectivity index (χ4n) is 2.94. The van der Waals surface area contributed by atoms with Gasteiger partial charge >= 0.3 is 99.1 Å². The van der Waals surface area contributed by atoms with Crippen LogP contribution in [0.4, 0.5) is 0 Å². The van der Waals surface area contributed by atoms with Crippen molar-refractivity contribution in [2.75, 3.05) is 0 Å². The number of rotatable bonds is 1. The molecule has 1 aromatic rings. The normalized spacial score (nSPS) is 13.3. The van der Waals surface area contributed by atoms with E-state index >= 15 is 0 Å². The molecule has 1 aromatic carbocycles. The van der Waals surface area contributed by atoms with E-state index in [1.54, 1.807) is 4.40 Å². The Morgan fingerprint density at radius 3 is 1.47 bits per heavy atom. The van der Waals surface area contributed by atoms with Gasteiger partial charge in [0.2, 0.25) is 0 Å². The molecule has 0 aromatic heterocycles. The van der Waals surface area contributed by atoms with E-state index in [9.17, 15) is 0 Å². The van der Waals surface area contributed by atoms with Crippen molar-refractivity contribution in [2.45, 2.75) is 50.0 Å². The quantitative estimate of drug-likeness (QED) is 0.679. The van der Waals surface area contributed by atoms with Gasteiger partial charge in [0.1, 0.15) is 0 Å². The molecule has 0 atom stereocenters. The Balaban J connectivity index is 3.15. The molecule has 0 heterocycles. The summed E-state index contributed by atoms with van der Waals surface area (Å²) in [5, 5.41) is 0. The van der Waals surface area contributed by atoms with Crippen LogP contribution >= 0.6 is 0 Å². The molecule has 0 N–H and O–H groups in total. The maximum absolute atomic E-state index is 2.41. The molecule has 0 bridgehead atoms. The summed E-state index contributed by atoms with van der Waals surface area (Å²) in [6.45, 7) is 14.5. The van der Waals surface area contributed by atoms with Crippen molar-refractivity contribution in [3.05, 3.63) is 30.3 Å². The van der Waals surface area contributed by atoms with Crippen molar-refractivity contribution >= 4 is 18.7 Å². The molecule has 0 radical (unpaired) electrons. The van der Waals surface area contributed by atoms with Crippen molar-refractivity contribution in [3.8, 4) is 0 Å². The molecule has 0 fully saturated rings. The van der Waals surface area contributed by atoms with Gasteiger partial charge in [-0.25, -0.2) is 0 Å². The van der Waals surface area contributed by atoms with E-state index in [-0.39, 0.29) is 0 Å². The van der Waals surface area contributed by atoms with Crippen LogP contribution in [-0.4, -0.2) is 14.3 Å². The van der Waals surface area contributed by atoms with Gasteiger partial charge in [-0.05, 0) is 0 Å². The average Bonchev–Trinajstić information content (AvgIpc) is 2.00. The summed E-state index contributed by atoms with van der Waals surface area (Å²) in [6.07, 6.45) is 0. The summed E-state index contributed by atoms with van der Waals surface area (Å²) < 4.78 is 2.63. The van der Waals surface area contributed by atoms with Crippen LogP contribution in [0.1, 0.15) is 41.5 Å². The minimum atomic E-state index is -1.51. The standard InChI is InChI=1S/C14H24Ge/c1-13(2,3)15(14(4,5)6)12-10-8-7-9-11-12/h7-11,15H,1-6H3. The number of hydrogen-bond acceptors (Lipinski definition) is 0. The molecule has 0 saturated heterocycles. The summed E-state index contributed by atoms with van der Waals surface area (Å²) in [7, 11) is 0. The molecule has 15 heavy (non-hydrogen) atoms. The van der Waals surface area contributed by atoms with Crippen LogP contribution < -0.4 is 4.40 Å². The predicted molar refractivity (Wildman–Crippen MR) is 72.7 cm³/mol. The molecule has 1 heteroatoms. The zero-order valence-electron chi connectivity index (χ0n) is 11.0. The van der Waals surface area contributed by atoms with E-state index in [4.69, 9.17) is 0 Å². The van der Waals surface area contributed by atoms with E-state index in [0.29, 0.717) is 8.49 Å². The van der Waals surface area contributed by atoms with Crippen LogP contribution in [-0.2, 0) is 0 Å². The number of hydrogen-bond donors (Lipinski definition) is 0. The monoisotopic (exact) mass is 266 g/mol. The Labute approximate surface area is 99.2 Å². The third kappa shape index (κ3) is 3.37. The maximum atomic E-state index is 2.41. The Bertz CT molecular complexity index is 286. The van der Waals surface area contributed by atoms with E-state index in [1.165, 1.54) is 0 Å². The zero-order chi connectivity index (χ0) is 11.7. The van der Waals surface area contributed by atoms with Gasteiger partial charge in [0.15, 0.2) is 0 Å². The van der Waals surface area contributed by atoms with Crippen LogP contribution in [0.5, 0.6) is 0 Å². The Morgan fingerprint density at radius 1 is 0.733 bits per heavy atom. The zero-order valence-corrected chi connectivity index (χ0v) is 13.4. The van der Waals surface area contributed by atoms with Crippen LogP contribution in [0.15, 0.2) is 30.3 Å². The van der Waals surface area contributed by atoms with Crippen molar-refractivity contribution in [1.82, 2.24) is 0 Å². The Hall–Kier alpha value is -0.237. The van der Waals surface area contributed by atoms with Gasteiger partial charge < -0.3 is 0 Å². The molecule has 0 saturated carbocycles. The molecule has 1 rings (SSSR count). The van der Waals surface area contributed by atoms with Gasteiger partial charge in [-0.2, -0.15) is 0 Å². The fraction of sp³-hybridized carbons (Fsp3) is 0.571. The van der Waals surface area contributed by atoms with Crippen LogP contribution in [0.2, 0.25) is 8.49 Å². The first-order valence-corrected chi connectivity index (χ1v) is 9.41. The summed E-state index contributed by atoms with van der Waals surface area (Å²) >= 11 is -1.51. The van der Waals surface area contributed by atoms with Crippen LogP contribution in [0, 0.1) is 0 Å². The molecule has 0 amide bonds. The van der Waals surface area contributed by atoms with E-state index in [1.807, 2.05) is 0 Å². The van der Waals surface area contributed by atoms with Gasteiger partial charge in [-0.1, -0.05) is 0 Å². The van der Waals surface area contributed by atoms with Gasteiger partial charge in [0.25, 0.3) is 0 Å². The second-order valence-electron chi connectivity index (χ2n) is 6.58. The van der Waals surface area contributed by atoms with Gasteiger partial charge in [0.05, 0.1) is 0 Å². The van der Waals surface area contributed by atoms with Crippen molar-refractivity contribution < 1.29 is 0 Å². The average molecular weight is 265 g/mol.